The minimum Gasteiger partial charge on any atom is -0.508 e. The number of nitro benzene ring substituents is 1. The van der Waals surface area contributed by atoms with Gasteiger partial charge in [-0.1, -0.05) is 12.1 Å². The molecule has 10 heteroatoms. The standard InChI is InChI=1S/C32H25N3O6S/c36-23-11-7-21(8-12-23)31-29(26-14-13-24(37)19-28(26)42-31)30(38)20-5-9-22(10-6-20)33-15-17-34(18-16-33)32(39)25-3-1-2-4-27(25)35(40)41/h1-14,19,36-37H,15-18H2. The van der Waals surface area contributed by atoms with Crippen molar-refractivity contribution in [3.8, 4) is 21.9 Å². The molecule has 42 heavy (non-hydrogen) atoms. The highest BCUT2D eigenvalue weighted by atomic mass is 32.1. The summed E-state index contributed by atoms with van der Waals surface area (Å²) < 4.78 is 0.784. The van der Waals surface area contributed by atoms with Gasteiger partial charge in [-0.15, -0.1) is 11.3 Å². The number of anilines is 1. The van der Waals surface area contributed by atoms with E-state index < -0.39 is 4.92 Å². The van der Waals surface area contributed by atoms with Crippen LogP contribution in [-0.2, 0) is 0 Å². The maximum atomic E-state index is 13.9. The lowest BCUT2D eigenvalue weighted by molar-refractivity contribution is -0.385. The summed E-state index contributed by atoms with van der Waals surface area (Å²) in [6.07, 6.45) is 0. The fourth-order valence-corrected chi connectivity index (χ4v) is 6.48. The number of thiophene rings is 1. The molecule has 2 heterocycles. The molecule has 0 atom stereocenters. The number of amides is 1. The Morgan fingerprint density at radius 3 is 2.17 bits per heavy atom. The smallest absolute Gasteiger partial charge is 0.282 e. The lowest BCUT2D eigenvalue weighted by atomic mass is 9.97. The lowest BCUT2D eigenvalue weighted by Crippen LogP contribution is -2.48. The van der Waals surface area contributed by atoms with Gasteiger partial charge < -0.3 is 20.0 Å². The molecule has 1 amide bonds. The van der Waals surface area contributed by atoms with Crippen LogP contribution in [-0.4, -0.2) is 57.9 Å². The summed E-state index contributed by atoms with van der Waals surface area (Å²) >= 11 is 1.41. The second kappa shape index (κ2) is 11.0. The summed E-state index contributed by atoms with van der Waals surface area (Å²) in [5.41, 5.74) is 2.63. The molecule has 1 aliphatic rings. The monoisotopic (exact) mass is 579 g/mol. The Kier molecular flexibility index (Phi) is 7.05. The Bertz CT molecular complexity index is 1820. The van der Waals surface area contributed by atoms with Crippen molar-refractivity contribution in [3.05, 3.63) is 118 Å². The first-order chi connectivity index (χ1) is 20.3. The van der Waals surface area contributed by atoms with E-state index in [0.29, 0.717) is 37.3 Å². The van der Waals surface area contributed by atoms with E-state index >= 15 is 0 Å². The van der Waals surface area contributed by atoms with Gasteiger partial charge in [-0.3, -0.25) is 19.7 Å². The molecule has 0 unspecified atom stereocenters. The van der Waals surface area contributed by atoms with Gasteiger partial charge in [0.25, 0.3) is 11.6 Å². The number of nitrogens with zero attached hydrogens (tertiary/aromatic N) is 3. The highest BCUT2D eigenvalue weighted by Gasteiger charge is 2.28. The van der Waals surface area contributed by atoms with Crippen molar-refractivity contribution >= 4 is 44.5 Å². The molecule has 210 valence electrons. The second-order valence-electron chi connectivity index (χ2n) is 9.96. The molecule has 1 saturated heterocycles. The van der Waals surface area contributed by atoms with Gasteiger partial charge in [-0.05, 0) is 78.4 Å². The number of para-hydroxylation sites is 1. The van der Waals surface area contributed by atoms with E-state index in [4.69, 9.17) is 0 Å². The fourth-order valence-electron chi connectivity index (χ4n) is 5.25. The third-order valence-corrected chi connectivity index (χ3v) is 8.62. The number of benzene rings is 4. The Morgan fingerprint density at radius 2 is 1.48 bits per heavy atom. The number of carbonyl (C=O) groups is 2. The van der Waals surface area contributed by atoms with Crippen LogP contribution in [0.15, 0.2) is 91.0 Å². The van der Waals surface area contributed by atoms with E-state index in [-0.39, 0.29) is 34.4 Å². The third kappa shape index (κ3) is 5.04. The molecule has 0 aliphatic carbocycles. The molecule has 5 aromatic rings. The largest absolute Gasteiger partial charge is 0.508 e. The van der Waals surface area contributed by atoms with Gasteiger partial charge in [0, 0.05) is 64.0 Å². The number of nitro groups is 1. The molecule has 0 saturated carbocycles. The van der Waals surface area contributed by atoms with Crippen molar-refractivity contribution in [2.24, 2.45) is 0 Å². The van der Waals surface area contributed by atoms with Gasteiger partial charge in [0.15, 0.2) is 5.78 Å². The Hall–Kier alpha value is -5.22. The zero-order valence-electron chi connectivity index (χ0n) is 22.3. The van der Waals surface area contributed by atoms with Crippen molar-refractivity contribution in [2.75, 3.05) is 31.1 Å². The van der Waals surface area contributed by atoms with Crippen molar-refractivity contribution < 1.29 is 24.7 Å². The number of rotatable bonds is 6. The van der Waals surface area contributed by atoms with E-state index in [9.17, 15) is 29.9 Å². The molecule has 4 aromatic carbocycles. The van der Waals surface area contributed by atoms with Gasteiger partial charge in [-0.25, -0.2) is 0 Å². The maximum absolute atomic E-state index is 13.9. The molecule has 9 nitrogen and oxygen atoms in total. The van der Waals surface area contributed by atoms with Crippen LogP contribution in [0, 0.1) is 10.1 Å². The zero-order chi connectivity index (χ0) is 29.4. The average Bonchev–Trinajstić information content (AvgIpc) is 3.39. The highest BCUT2D eigenvalue weighted by molar-refractivity contribution is 7.22. The number of hydrogen-bond donors (Lipinski definition) is 2. The van der Waals surface area contributed by atoms with Crippen molar-refractivity contribution in [2.45, 2.75) is 0 Å². The van der Waals surface area contributed by atoms with Crippen LogP contribution in [0.25, 0.3) is 20.5 Å². The Labute approximate surface area is 244 Å². The number of aromatic hydroxyl groups is 2. The maximum Gasteiger partial charge on any atom is 0.282 e. The van der Waals surface area contributed by atoms with E-state index in [1.807, 2.05) is 12.1 Å². The van der Waals surface area contributed by atoms with Gasteiger partial charge in [0.1, 0.15) is 17.1 Å². The zero-order valence-corrected chi connectivity index (χ0v) is 23.1. The lowest BCUT2D eigenvalue weighted by Gasteiger charge is -2.36. The fraction of sp³-hybridized carbons (Fsp3) is 0.125. The molecule has 6 rings (SSSR count). The van der Waals surface area contributed by atoms with Gasteiger partial charge >= 0.3 is 0 Å². The molecule has 1 fully saturated rings. The minimum absolute atomic E-state index is 0.0849. The predicted octanol–water partition coefficient (Wildman–Crippen LogP) is 6.08. The van der Waals surface area contributed by atoms with Crippen LogP contribution in [0.3, 0.4) is 0 Å². The number of hydrogen-bond acceptors (Lipinski definition) is 8. The Morgan fingerprint density at radius 1 is 0.810 bits per heavy atom. The first-order valence-electron chi connectivity index (χ1n) is 13.3. The van der Waals surface area contributed by atoms with E-state index in [1.165, 1.54) is 23.5 Å². The molecular formula is C32H25N3O6S. The summed E-state index contributed by atoms with van der Waals surface area (Å²) in [4.78, 5) is 42.2. The van der Waals surface area contributed by atoms with Gasteiger partial charge in [0.2, 0.25) is 0 Å². The van der Waals surface area contributed by atoms with E-state index in [2.05, 4.69) is 4.90 Å². The van der Waals surface area contributed by atoms with Crippen molar-refractivity contribution in [1.82, 2.24) is 4.90 Å². The van der Waals surface area contributed by atoms with Crippen LogP contribution in [0.4, 0.5) is 11.4 Å². The predicted molar refractivity (Wildman–Crippen MR) is 162 cm³/mol. The summed E-state index contributed by atoms with van der Waals surface area (Å²) in [6.45, 7) is 1.91. The van der Waals surface area contributed by atoms with Crippen LogP contribution >= 0.6 is 11.3 Å². The van der Waals surface area contributed by atoms with E-state index in [0.717, 1.165) is 26.2 Å². The quantitative estimate of drug-likeness (QED) is 0.142. The molecule has 0 spiro atoms. The number of piperazine rings is 1. The number of phenolic OH excluding ortho intramolecular Hbond substituents is 2. The van der Waals surface area contributed by atoms with Crippen LogP contribution in [0.5, 0.6) is 11.5 Å². The topological polar surface area (TPSA) is 124 Å². The molecule has 1 aromatic heterocycles. The molecule has 0 bridgehead atoms. The summed E-state index contributed by atoms with van der Waals surface area (Å²) in [7, 11) is 0. The second-order valence-corrected chi connectivity index (χ2v) is 11.0. The first kappa shape index (κ1) is 27.0. The first-order valence-corrected chi connectivity index (χ1v) is 14.1. The molecule has 2 N–H and O–H groups in total. The highest BCUT2D eigenvalue weighted by Crippen LogP contribution is 2.41. The molecular weight excluding hydrogens is 554 g/mol. The minimum atomic E-state index is -0.539. The number of carbonyl (C=O) groups excluding carboxylic acids is 2. The summed E-state index contributed by atoms with van der Waals surface area (Å²) in [6, 6.07) is 25.0. The van der Waals surface area contributed by atoms with Crippen molar-refractivity contribution in [3.63, 3.8) is 0 Å². The van der Waals surface area contributed by atoms with Gasteiger partial charge in [0.05, 0.1) is 4.92 Å². The number of ketones is 1. The SMILES string of the molecule is O=C(c1ccc(N2CCN(C(=O)c3ccccc3[N+](=O)[O-])CC2)cc1)c1c(-c2ccc(O)cc2)sc2cc(O)ccc12. The van der Waals surface area contributed by atoms with Crippen LogP contribution < -0.4 is 4.90 Å². The Balaban J connectivity index is 1.21. The average molecular weight is 580 g/mol. The summed E-state index contributed by atoms with van der Waals surface area (Å²) in [5, 5.41) is 31.9. The van der Waals surface area contributed by atoms with Gasteiger partial charge in [-0.2, -0.15) is 0 Å². The number of fused-ring (bicyclic) bond motifs is 1. The normalized spacial score (nSPS) is 13.3. The number of phenols is 2. The van der Waals surface area contributed by atoms with Crippen LogP contribution in [0.2, 0.25) is 0 Å². The van der Waals surface area contributed by atoms with E-state index in [1.54, 1.807) is 71.6 Å². The van der Waals surface area contributed by atoms with Crippen molar-refractivity contribution in [1.29, 1.82) is 0 Å². The molecule has 0 radical (unpaired) electrons. The third-order valence-electron chi connectivity index (χ3n) is 7.42. The molecule has 1 aliphatic heterocycles. The summed E-state index contributed by atoms with van der Waals surface area (Å²) in [5.74, 6) is -0.259. The van der Waals surface area contributed by atoms with Crippen LogP contribution in [0.1, 0.15) is 26.3 Å².